The van der Waals surface area contributed by atoms with Crippen molar-refractivity contribution in [3.63, 3.8) is 0 Å². The van der Waals surface area contributed by atoms with Crippen molar-refractivity contribution in [1.82, 2.24) is 19.9 Å². The van der Waals surface area contributed by atoms with Crippen molar-refractivity contribution >= 4 is 23.2 Å². The number of halogens is 2. The molecule has 0 radical (unpaired) electrons. The van der Waals surface area contributed by atoms with Gasteiger partial charge in [0.2, 0.25) is 0 Å². The minimum absolute atomic E-state index is 0.0827. The van der Waals surface area contributed by atoms with Gasteiger partial charge in [0.05, 0.1) is 17.1 Å². The summed E-state index contributed by atoms with van der Waals surface area (Å²) in [6.45, 7) is 3.53. The van der Waals surface area contributed by atoms with E-state index in [1.165, 1.54) is 6.20 Å². The van der Waals surface area contributed by atoms with Crippen molar-refractivity contribution < 1.29 is 4.39 Å². The minimum Gasteiger partial charge on any atom is -0.369 e. The number of anilines is 2. The Hall–Kier alpha value is -1.99. The summed E-state index contributed by atoms with van der Waals surface area (Å²) in [5.41, 5.74) is 0.949. The molecule has 0 amide bonds. The Bertz CT molecular complexity index is 793. The van der Waals surface area contributed by atoms with Crippen LogP contribution >= 0.6 is 11.6 Å². The first-order valence-corrected chi connectivity index (χ1v) is 9.32. The predicted octanol–water partition coefficient (Wildman–Crippen LogP) is 2.98. The molecule has 2 N–H and O–H groups in total. The first-order valence-electron chi connectivity index (χ1n) is 8.94. The van der Waals surface area contributed by atoms with Gasteiger partial charge in [-0.25, -0.2) is 19.3 Å². The van der Waals surface area contributed by atoms with E-state index in [0.29, 0.717) is 23.3 Å². The first kappa shape index (κ1) is 17.4. The molecule has 2 aliphatic heterocycles. The van der Waals surface area contributed by atoms with Gasteiger partial charge in [0.15, 0.2) is 11.6 Å². The molecule has 0 aliphatic carbocycles. The molecule has 0 aromatic carbocycles. The van der Waals surface area contributed by atoms with Gasteiger partial charge in [0.1, 0.15) is 11.6 Å². The SMILES string of the molecule is CN1CCC(CNc2nc(C3CNc4ncc(Cl)cc43)ncc2F)CC1. The molecule has 2 aromatic heterocycles. The molecule has 0 saturated carbocycles. The molecule has 4 heterocycles. The van der Waals surface area contributed by atoms with Crippen molar-refractivity contribution in [3.05, 3.63) is 40.7 Å². The van der Waals surface area contributed by atoms with Gasteiger partial charge < -0.3 is 15.5 Å². The predicted molar refractivity (Wildman–Crippen MR) is 100 cm³/mol. The maximum absolute atomic E-state index is 14.2. The maximum atomic E-state index is 14.2. The summed E-state index contributed by atoms with van der Waals surface area (Å²) in [6.07, 6.45) is 5.09. The molecule has 1 fully saturated rings. The second-order valence-electron chi connectivity index (χ2n) is 7.08. The summed E-state index contributed by atoms with van der Waals surface area (Å²) < 4.78 is 14.2. The third kappa shape index (κ3) is 3.59. The van der Waals surface area contributed by atoms with Gasteiger partial charge in [-0.3, -0.25) is 0 Å². The Morgan fingerprint density at radius 3 is 2.92 bits per heavy atom. The molecule has 2 aliphatic rings. The topological polar surface area (TPSA) is 66.0 Å². The maximum Gasteiger partial charge on any atom is 0.183 e. The van der Waals surface area contributed by atoms with Crippen LogP contribution in [-0.4, -0.2) is 53.1 Å². The van der Waals surface area contributed by atoms with Gasteiger partial charge in [-0.15, -0.1) is 0 Å². The van der Waals surface area contributed by atoms with E-state index in [-0.39, 0.29) is 11.7 Å². The zero-order chi connectivity index (χ0) is 18.1. The second-order valence-corrected chi connectivity index (χ2v) is 7.51. The summed E-state index contributed by atoms with van der Waals surface area (Å²) in [7, 11) is 2.13. The van der Waals surface area contributed by atoms with Gasteiger partial charge in [-0.1, -0.05) is 11.6 Å². The number of hydrogen-bond donors (Lipinski definition) is 2. The third-order valence-corrected chi connectivity index (χ3v) is 5.41. The molecule has 4 rings (SSSR count). The Morgan fingerprint density at radius 1 is 1.31 bits per heavy atom. The minimum atomic E-state index is -0.419. The van der Waals surface area contributed by atoms with Crippen LogP contribution in [0.4, 0.5) is 16.0 Å². The quantitative estimate of drug-likeness (QED) is 0.855. The number of pyridine rings is 1. The van der Waals surface area contributed by atoms with E-state index in [2.05, 4.69) is 37.5 Å². The van der Waals surface area contributed by atoms with E-state index in [1.54, 1.807) is 6.20 Å². The molecule has 8 heteroatoms. The summed E-state index contributed by atoms with van der Waals surface area (Å²) in [5.74, 6) is 1.68. The van der Waals surface area contributed by atoms with Gasteiger partial charge in [0, 0.05) is 24.8 Å². The number of fused-ring (bicyclic) bond motifs is 1. The van der Waals surface area contributed by atoms with E-state index < -0.39 is 5.82 Å². The molecule has 6 nitrogen and oxygen atoms in total. The average Bonchev–Trinajstić information content (AvgIpc) is 3.05. The standard InChI is InChI=1S/C18H22ClFN6/c1-26-4-2-11(3-5-26)7-21-18-15(20)10-24-17(25-18)14-9-23-16-13(14)6-12(19)8-22-16/h6,8,10-11,14H,2-5,7,9H2,1H3,(H,22,23)(H,21,24,25). The summed E-state index contributed by atoms with van der Waals surface area (Å²) in [6, 6.07) is 1.87. The first-order chi connectivity index (χ1) is 12.6. The Morgan fingerprint density at radius 2 is 2.12 bits per heavy atom. The number of nitrogens with zero attached hydrogens (tertiary/aromatic N) is 4. The van der Waals surface area contributed by atoms with Gasteiger partial charge in [0.25, 0.3) is 0 Å². The van der Waals surface area contributed by atoms with Crippen molar-refractivity contribution in [2.75, 3.05) is 43.9 Å². The van der Waals surface area contributed by atoms with Crippen molar-refractivity contribution in [3.8, 4) is 0 Å². The van der Waals surface area contributed by atoms with E-state index in [0.717, 1.165) is 43.9 Å². The molecule has 0 spiro atoms. The summed E-state index contributed by atoms with van der Waals surface area (Å²) in [4.78, 5) is 15.3. The fraction of sp³-hybridized carbons (Fsp3) is 0.500. The highest BCUT2D eigenvalue weighted by Gasteiger charge is 2.28. The number of rotatable bonds is 4. The van der Waals surface area contributed by atoms with Crippen molar-refractivity contribution in [2.45, 2.75) is 18.8 Å². The van der Waals surface area contributed by atoms with Crippen LogP contribution < -0.4 is 10.6 Å². The fourth-order valence-corrected chi connectivity index (χ4v) is 3.75. The van der Waals surface area contributed by atoms with Crippen LogP contribution in [0.5, 0.6) is 0 Å². The highest BCUT2D eigenvalue weighted by atomic mass is 35.5. The van der Waals surface area contributed by atoms with Crippen molar-refractivity contribution in [2.24, 2.45) is 5.92 Å². The number of aromatic nitrogens is 3. The van der Waals surface area contributed by atoms with Crippen LogP contribution in [0.3, 0.4) is 0 Å². The molecule has 1 saturated heterocycles. The summed E-state index contributed by atoms with van der Waals surface area (Å²) >= 11 is 6.07. The average molecular weight is 377 g/mol. The van der Waals surface area contributed by atoms with Crippen LogP contribution in [0.25, 0.3) is 0 Å². The number of piperidine rings is 1. The largest absolute Gasteiger partial charge is 0.369 e. The van der Waals surface area contributed by atoms with E-state index in [4.69, 9.17) is 11.6 Å². The molecule has 2 aromatic rings. The van der Waals surface area contributed by atoms with Crippen LogP contribution in [0.1, 0.15) is 30.1 Å². The highest BCUT2D eigenvalue weighted by Crippen LogP contribution is 2.35. The second kappa shape index (κ2) is 7.32. The third-order valence-electron chi connectivity index (χ3n) is 5.20. The lowest BCUT2D eigenvalue weighted by molar-refractivity contribution is 0.226. The lowest BCUT2D eigenvalue weighted by atomic mass is 9.97. The summed E-state index contributed by atoms with van der Waals surface area (Å²) in [5, 5.41) is 6.99. The zero-order valence-corrected chi connectivity index (χ0v) is 15.4. The number of hydrogen-bond acceptors (Lipinski definition) is 6. The van der Waals surface area contributed by atoms with Gasteiger partial charge in [-0.2, -0.15) is 0 Å². The molecular formula is C18H22ClFN6. The lowest BCUT2D eigenvalue weighted by Gasteiger charge is -2.29. The Labute approximate surface area is 157 Å². The number of likely N-dealkylation sites (tertiary alicyclic amines) is 1. The molecule has 1 atom stereocenters. The molecule has 26 heavy (non-hydrogen) atoms. The fourth-order valence-electron chi connectivity index (χ4n) is 3.59. The van der Waals surface area contributed by atoms with Crippen LogP contribution in [-0.2, 0) is 0 Å². The van der Waals surface area contributed by atoms with Crippen molar-refractivity contribution in [1.29, 1.82) is 0 Å². The molecule has 138 valence electrons. The lowest BCUT2D eigenvalue weighted by Crippen LogP contribution is -2.33. The van der Waals surface area contributed by atoms with Gasteiger partial charge >= 0.3 is 0 Å². The van der Waals surface area contributed by atoms with E-state index in [1.807, 2.05) is 6.07 Å². The Balaban J connectivity index is 1.50. The monoisotopic (exact) mass is 376 g/mol. The van der Waals surface area contributed by atoms with Gasteiger partial charge in [-0.05, 0) is 45.0 Å². The van der Waals surface area contributed by atoms with Crippen LogP contribution in [0, 0.1) is 11.7 Å². The molecule has 0 bridgehead atoms. The van der Waals surface area contributed by atoms with E-state index >= 15 is 0 Å². The smallest absolute Gasteiger partial charge is 0.183 e. The number of nitrogens with one attached hydrogen (secondary N) is 2. The zero-order valence-electron chi connectivity index (χ0n) is 14.7. The van der Waals surface area contributed by atoms with Crippen LogP contribution in [0.2, 0.25) is 5.02 Å². The Kier molecular flexibility index (Phi) is 4.91. The normalized spacial score (nSPS) is 20.7. The molecular weight excluding hydrogens is 355 g/mol. The van der Waals surface area contributed by atoms with E-state index in [9.17, 15) is 4.39 Å². The molecule has 1 unspecified atom stereocenters. The van der Waals surface area contributed by atoms with Crippen LogP contribution in [0.15, 0.2) is 18.5 Å². The highest BCUT2D eigenvalue weighted by molar-refractivity contribution is 6.30.